The SMILES string of the molecule is CCCc1c(OCCCOc2cccc3c2CCCC3)ccc2c1OC(CCC(=O)OC(CO)CO)(CCC(=O)OC(CO)CO)CC2=O. The molecule has 1 aliphatic carbocycles. The lowest BCUT2D eigenvalue weighted by molar-refractivity contribution is -0.155. The Hall–Kier alpha value is -3.71. The van der Waals surface area contributed by atoms with Crippen molar-refractivity contribution < 1.29 is 58.5 Å². The van der Waals surface area contributed by atoms with Gasteiger partial charge in [0.15, 0.2) is 5.78 Å². The van der Waals surface area contributed by atoms with E-state index in [4.69, 9.17) is 23.7 Å². The Morgan fingerprint density at radius 1 is 0.837 bits per heavy atom. The summed E-state index contributed by atoms with van der Waals surface area (Å²) < 4.78 is 29.3. The second kappa shape index (κ2) is 18.9. The zero-order chi connectivity index (χ0) is 35.2. The number of rotatable bonds is 20. The van der Waals surface area contributed by atoms with E-state index in [1.165, 1.54) is 17.5 Å². The van der Waals surface area contributed by atoms with Gasteiger partial charge in [-0.3, -0.25) is 14.4 Å². The van der Waals surface area contributed by atoms with Gasteiger partial charge in [0.05, 0.1) is 51.6 Å². The third-order valence-corrected chi connectivity index (χ3v) is 8.96. The van der Waals surface area contributed by atoms with Gasteiger partial charge in [-0.15, -0.1) is 0 Å². The molecule has 0 atom stereocenters. The van der Waals surface area contributed by atoms with Crippen molar-refractivity contribution in [3.05, 3.63) is 52.6 Å². The van der Waals surface area contributed by atoms with Crippen molar-refractivity contribution in [1.82, 2.24) is 0 Å². The molecule has 0 unspecified atom stereocenters. The van der Waals surface area contributed by atoms with Crippen molar-refractivity contribution in [3.63, 3.8) is 0 Å². The third-order valence-electron chi connectivity index (χ3n) is 8.96. The Morgan fingerprint density at radius 2 is 1.45 bits per heavy atom. The topological polar surface area (TPSA) is 178 Å². The van der Waals surface area contributed by atoms with E-state index in [0.717, 1.165) is 31.4 Å². The number of aryl methyl sites for hydroxylation is 1. The monoisotopic (exact) mass is 686 g/mol. The van der Waals surface area contributed by atoms with Crippen LogP contribution in [0.3, 0.4) is 0 Å². The first-order valence-electron chi connectivity index (χ1n) is 17.3. The lowest BCUT2D eigenvalue weighted by Gasteiger charge is -2.39. The number of aliphatic hydroxyl groups is 4. The molecule has 2 aromatic rings. The molecule has 2 aromatic carbocycles. The average molecular weight is 687 g/mol. The molecule has 0 saturated carbocycles. The van der Waals surface area contributed by atoms with Crippen LogP contribution in [-0.2, 0) is 38.3 Å². The van der Waals surface area contributed by atoms with Crippen LogP contribution < -0.4 is 14.2 Å². The summed E-state index contributed by atoms with van der Waals surface area (Å²) in [4.78, 5) is 38.9. The first kappa shape index (κ1) is 38.1. The zero-order valence-electron chi connectivity index (χ0n) is 28.3. The van der Waals surface area contributed by atoms with Crippen molar-refractivity contribution in [2.24, 2.45) is 0 Å². The minimum absolute atomic E-state index is 0.00548. The fraction of sp³-hybridized carbons (Fsp3) is 0.595. The van der Waals surface area contributed by atoms with Gasteiger partial charge in [0, 0.05) is 24.8 Å². The predicted octanol–water partition coefficient (Wildman–Crippen LogP) is 3.42. The molecule has 2 aliphatic rings. The predicted molar refractivity (Wildman–Crippen MR) is 178 cm³/mol. The summed E-state index contributed by atoms with van der Waals surface area (Å²) in [6.07, 6.45) is 3.64. The minimum Gasteiger partial charge on any atom is -0.493 e. The molecule has 0 aromatic heterocycles. The number of Topliss-reactive ketones (excluding diaryl/α,β-unsaturated/α-hetero) is 1. The van der Waals surface area contributed by atoms with Gasteiger partial charge in [0.1, 0.15) is 35.1 Å². The normalized spacial score (nSPS) is 15.0. The molecule has 0 bridgehead atoms. The highest BCUT2D eigenvalue weighted by Gasteiger charge is 2.43. The number of carbonyl (C=O) groups is 3. The number of benzene rings is 2. The molecule has 1 heterocycles. The quantitative estimate of drug-likeness (QED) is 0.118. The first-order chi connectivity index (χ1) is 23.8. The Labute approximate surface area is 287 Å². The highest BCUT2D eigenvalue weighted by Crippen LogP contribution is 2.44. The summed E-state index contributed by atoms with van der Waals surface area (Å²) in [5, 5.41) is 37.3. The van der Waals surface area contributed by atoms with Gasteiger partial charge in [-0.05, 0) is 74.3 Å². The van der Waals surface area contributed by atoms with Crippen LogP contribution in [0.15, 0.2) is 30.3 Å². The molecule has 0 saturated heterocycles. The molecule has 0 amide bonds. The number of aliphatic hydroxyl groups excluding tert-OH is 4. The minimum atomic E-state index is -1.30. The van der Waals surface area contributed by atoms with Crippen LogP contribution in [0.2, 0.25) is 0 Å². The van der Waals surface area contributed by atoms with Gasteiger partial charge in [-0.2, -0.15) is 0 Å². The number of fused-ring (bicyclic) bond motifs is 2. The Morgan fingerprint density at radius 3 is 2.06 bits per heavy atom. The summed E-state index contributed by atoms with van der Waals surface area (Å²) in [5.41, 5.74) is 2.45. The summed E-state index contributed by atoms with van der Waals surface area (Å²) in [5.74, 6) is 0.210. The fourth-order valence-corrected chi connectivity index (χ4v) is 6.33. The van der Waals surface area contributed by atoms with E-state index >= 15 is 0 Å². The summed E-state index contributed by atoms with van der Waals surface area (Å²) in [6.45, 7) is 0.636. The second-order valence-corrected chi connectivity index (χ2v) is 12.7. The first-order valence-corrected chi connectivity index (χ1v) is 17.3. The van der Waals surface area contributed by atoms with Gasteiger partial charge >= 0.3 is 11.9 Å². The lowest BCUT2D eigenvalue weighted by Crippen LogP contribution is -2.44. The summed E-state index contributed by atoms with van der Waals surface area (Å²) in [7, 11) is 0. The van der Waals surface area contributed by atoms with Crippen molar-refractivity contribution in [1.29, 1.82) is 0 Å². The average Bonchev–Trinajstić information content (AvgIpc) is 3.12. The Bertz CT molecular complexity index is 1370. The molecule has 49 heavy (non-hydrogen) atoms. The largest absolute Gasteiger partial charge is 0.493 e. The van der Waals surface area contributed by atoms with Gasteiger partial charge in [-0.25, -0.2) is 0 Å². The molecular formula is C37H50O12. The maximum atomic E-state index is 13.6. The number of hydrogen-bond donors (Lipinski definition) is 4. The maximum absolute atomic E-state index is 13.6. The third kappa shape index (κ3) is 10.4. The van der Waals surface area contributed by atoms with Crippen LogP contribution in [-0.4, -0.2) is 95.6 Å². The van der Waals surface area contributed by atoms with E-state index in [0.29, 0.717) is 48.7 Å². The molecule has 0 radical (unpaired) electrons. The lowest BCUT2D eigenvalue weighted by atomic mass is 9.82. The molecular weight excluding hydrogens is 636 g/mol. The molecule has 0 fully saturated rings. The molecule has 4 rings (SSSR count). The number of esters is 2. The number of ketones is 1. The summed E-state index contributed by atoms with van der Waals surface area (Å²) >= 11 is 0. The van der Waals surface area contributed by atoms with E-state index in [1.54, 1.807) is 12.1 Å². The van der Waals surface area contributed by atoms with E-state index in [9.17, 15) is 34.8 Å². The van der Waals surface area contributed by atoms with E-state index in [2.05, 4.69) is 6.07 Å². The van der Waals surface area contributed by atoms with Gasteiger partial charge < -0.3 is 44.1 Å². The Kier molecular flexibility index (Phi) is 14.7. The summed E-state index contributed by atoms with van der Waals surface area (Å²) in [6, 6.07) is 9.67. The van der Waals surface area contributed by atoms with Crippen LogP contribution in [0, 0.1) is 0 Å². The van der Waals surface area contributed by atoms with Gasteiger partial charge in [0.2, 0.25) is 0 Å². The Balaban J connectivity index is 1.49. The smallest absolute Gasteiger partial charge is 0.306 e. The molecule has 270 valence electrons. The standard InChI is InChI=1S/C37H50O12/c1-2-7-30-33(46-19-6-18-45-32-11-5-9-25-8-3-4-10-28(25)32)13-12-29-31(42)20-37(49-36(29)30,16-14-34(43)47-26(21-38)22-39)17-15-35(44)48-27(23-40)24-41/h5,9,11-13,26-27,38-41H,2-4,6-8,10,14-24H2,1H3. The second-order valence-electron chi connectivity index (χ2n) is 12.7. The van der Waals surface area contributed by atoms with Crippen molar-refractivity contribution in [2.75, 3.05) is 39.6 Å². The van der Waals surface area contributed by atoms with Crippen LogP contribution in [0.4, 0.5) is 0 Å². The zero-order valence-corrected chi connectivity index (χ0v) is 28.3. The van der Waals surface area contributed by atoms with E-state index < -0.39 is 56.2 Å². The highest BCUT2D eigenvalue weighted by atomic mass is 16.6. The molecule has 0 spiro atoms. The van der Waals surface area contributed by atoms with Gasteiger partial charge in [-0.1, -0.05) is 25.5 Å². The van der Waals surface area contributed by atoms with Crippen LogP contribution in [0.5, 0.6) is 17.2 Å². The van der Waals surface area contributed by atoms with Crippen LogP contribution in [0.25, 0.3) is 0 Å². The van der Waals surface area contributed by atoms with E-state index in [-0.39, 0.29) is 37.9 Å². The molecule has 1 aliphatic heterocycles. The fourth-order valence-electron chi connectivity index (χ4n) is 6.33. The molecule has 12 nitrogen and oxygen atoms in total. The number of hydrogen-bond acceptors (Lipinski definition) is 12. The highest BCUT2D eigenvalue weighted by molar-refractivity contribution is 6.01. The maximum Gasteiger partial charge on any atom is 0.306 e. The molecule has 12 heteroatoms. The van der Waals surface area contributed by atoms with Crippen molar-refractivity contribution in [3.8, 4) is 17.2 Å². The van der Waals surface area contributed by atoms with E-state index in [1.807, 2.05) is 19.1 Å². The van der Waals surface area contributed by atoms with Crippen LogP contribution in [0.1, 0.15) is 91.8 Å². The number of ether oxygens (including phenoxy) is 5. The van der Waals surface area contributed by atoms with Crippen molar-refractivity contribution >= 4 is 17.7 Å². The molecule has 4 N–H and O–H groups in total. The number of carbonyl (C=O) groups excluding carboxylic acids is 3. The van der Waals surface area contributed by atoms with Crippen molar-refractivity contribution in [2.45, 2.75) is 102 Å². The van der Waals surface area contributed by atoms with Crippen LogP contribution >= 0.6 is 0 Å². The van der Waals surface area contributed by atoms with Gasteiger partial charge in [0.25, 0.3) is 0 Å².